The van der Waals surface area contributed by atoms with Crippen LogP contribution in [-0.2, 0) is 9.59 Å². The van der Waals surface area contributed by atoms with Gasteiger partial charge in [0.25, 0.3) is 5.97 Å². The Hall–Kier alpha value is -1.90. The number of rotatable bonds is 19. The largest absolute Gasteiger partial charge is 0.481 e. The molecule has 0 aliphatic rings. The van der Waals surface area contributed by atoms with E-state index in [9.17, 15) is 4.79 Å². The summed E-state index contributed by atoms with van der Waals surface area (Å²) in [6, 6.07) is 0. The maximum Gasteiger partial charge on any atom is 0.300 e. The Morgan fingerprint density at radius 2 is 1.16 bits per heavy atom. The summed E-state index contributed by atoms with van der Waals surface area (Å²) in [6.07, 6.45) is 22.2. The lowest BCUT2D eigenvalue weighted by atomic mass is 9.92. The van der Waals surface area contributed by atoms with E-state index in [0.717, 1.165) is 62.4 Å². The van der Waals surface area contributed by atoms with E-state index < -0.39 is 5.97 Å². The summed E-state index contributed by atoms with van der Waals surface area (Å²) in [4.78, 5) is 19.9. The molecule has 222 valence electrons. The SMILES string of the molecule is C=CC(=C)CC/C=C(\C)CCC=C(C)C.CC(=O)CCCC(C)CCCC(C)CCCC(C)C.CC(=O)O. The third-order valence-corrected chi connectivity index (χ3v) is 6.44. The first kappa shape index (κ1) is 40.6. The Morgan fingerprint density at radius 1 is 0.711 bits per heavy atom. The summed E-state index contributed by atoms with van der Waals surface area (Å²) < 4.78 is 0. The van der Waals surface area contributed by atoms with Crippen molar-refractivity contribution >= 4 is 11.8 Å². The number of carboxylic acid groups (broad SMARTS) is 1. The molecule has 0 amide bonds. The molecule has 0 spiro atoms. The molecule has 0 aliphatic heterocycles. The van der Waals surface area contributed by atoms with E-state index in [1.165, 1.54) is 62.5 Å². The molecule has 0 aromatic carbocycles. The summed E-state index contributed by atoms with van der Waals surface area (Å²) >= 11 is 0. The molecule has 0 radical (unpaired) electrons. The number of hydrogen-bond donors (Lipinski definition) is 1. The van der Waals surface area contributed by atoms with Crippen LogP contribution in [0.3, 0.4) is 0 Å². The van der Waals surface area contributed by atoms with Gasteiger partial charge in [0.05, 0.1) is 0 Å². The van der Waals surface area contributed by atoms with Gasteiger partial charge in [-0.3, -0.25) is 4.79 Å². The maximum absolute atomic E-state index is 10.9. The summed E-state index contributed by atoms with van der Waals surface area (Å²) in [6.45, 7) is 26.2. The maximum atomic E-state index is 10.9. The van der Waals surface area contributed by atoms with Gasteiger partial charge in [0.2, 0.25) is 0 Å². The van der Waals surface area contributed by atoms with E-state index in [2.05, 4.69) is 73.8 Å². The standard InChI is InChI=1S/C18H36O.C15H24.C2H4O2/c1-15(2)9-6-10-16(3)11-7-12-17(4)13-8-14-18(5)19;1-6-14(4)10-8-12-15(5)11-7-9-13(2)3;1-2(3)4/h15-17H,6-14H2,1-5H3;6,9,12H,1,4,7-8,10-11H2,2-3,5H3;1H3,(H,3,4)/b;15-12+;. The van der Waals surface area contributed by atoms with Crippen molar-refractivity contribution < 1.29 is 14.7 Å². The molecule has 0 saturated heterocycles. The van der Waals surface area contributed by atoms with Gasteiger partial charge in [-0.1, -0.05) is 121 Å². The van der Waals surface area contributed by atoms with E-state index in [4.69, 9.17) is 9.90 Å². The molecule has 0 aromatic heterocycles. The van der Waals surface area contributed by atoms with Crippen LogP contribution in [0.15, 0.2) is 48.1 Å². The van der Waals surface area contributed by atoms with Crippen LogP contribution in [-0.4, -0.2) is 16.9 Å². The normalized spacial score (nSPS) is 12.3. The number of allylic oxidation sites excluding steroid dienone is 6. The van der Waals surface area contributed by atoms with E-state index in [1.807, 2.05) is 6.08 Å². The van der Waals surface area contributed by atoms with Gasteiger partial charge in [-0.05, 0) is 77.6 Å². The molecule has 38 heavy (non-hydrogen) atoms. The molecule has 0 bridgehead atoms. The second-order valence-corrected chi connectivity index (χ2v) is 11.9. The highest BCUT2D eigenvalue weighted by atomic mass is 16.4. The Balaban J connectivity index is -0.000000576. The fourth-order valence-electron chi connectivity index (χ4n) is 3.97. The van der Waals surface area contributed by atoms with Crippen LogP contribution in [0.2, 0.25) is 0 Å². The highest BCUT2D eigenvalue weighted by Gasteiger charge is 2.07. The molecule has 0 rings (SSSR count). The van der Waals surface area contributed by atoms with Crippen LogP contribution in [0, 0.1) is 17.8 Å². The number of ketones is 1. The van der Waals surface area contributed by atoms with Gasteiger partial charge < -0.3 is 9.90 Å². The van der Waals surface area contributed by atoms with Crippen molar-refractivity contribution in [3.63, 3.8) is 0 Å². The fourth-order valence-corrected chi connectivity index (χ4v) is 3.97. The van der Waals surface area contributed by atoms with Crippen LogP contribution in [0.5, 0.6) is 0 Å². The highest BCUT2D eigenvalue weighted by molar-refractivity contribution is 5.75. The van der Waals surface area contributed by atoms with Crippen LogP contribution >= 0.6 is 0 Å². The van der Waals surface area contributed by atoms with Crippen molar-refractivity contribution in [1.29, 1.82) is 0 Å². The smallest absolute Gasteiger partial charge is 0.300 e. The minimum absolute atomic E-state index is 0.339. The lowest BCUT2D eigenvalue weighted by Crippen LogP contribution is -2.01. The average Bonchev–Trinajstić information content (AvgIpc) is 2.78. The molecule has 0 heterocycles. The summed E-state index contributed by atoms with van der Waals surface area (Å²) in [5.41, 5.74) is 4.01. The molecule has 0 fully saturated rings. The van der Waals surface area contributed by atoms with Gasteiger partial charge in [-0.25, -0.2) is 0 Å². The van der Waals surface area contributed by atoms with E-state index in [-0.39, 0.29) is 0 Å². The molecule has 3 nitrogen and oxygen atoms in total. The number of carboxylic acids is 1. The molecular weight excluding hydrogens is 468 g/mol. The topological polar surface area (TPSA) is 54.4 Å². The second-order valence-electron chi connectivity index (χ2n) is 11.9. The zero-order valence-electron chi connectivity index (χ0n) is 26.8. The Morgan fingerprint density at radius 3 is 1.58 bits per heavy atom. The monoisotopic (exact) mass is 532 g/mol. The van der Waals surface area contributed by atoms with E-state index in [0.29, 0.717) is 5.78 Å². The first-order valence-corrected chi connectivity index (χ1v) is 15.0. The fraction of sp³-hybridized carbons (Fsp3) is 0.714. The van der Waals surface area contributed by atoms with Crippen molar-refractivity contribution in [2.45, 2.75) is 146 Å². The number of hydrogen-bond acceptors (Lipinski definition) is 2. The van der Waals surface area contributed by atoms with E-state index in [1.54, 1.807) is 6.92 Å². The van der Waals surface area contributed by atoms with Crippen molar-refractivity contribution in [1.82, 2.24) is 0 Å². The van der Waals surface area contributed by atoms with Crippen molar-refractivity contribution in [3.8, 4) is 0 Å². The van der Waals surface area contributed by atoms with Crippen LogP contribution in [0.25, 0.3) is 0 Å². The first-order chi connectivity index (χ1) is 17.7. The molecule has 1 N–H and O–H groups in total. The predicted octanol–water partition coefficient (Wildman–Crippen LogP) is 11.3. The van der Waals surface area contributed by atoms with E-state index >= 15 is 0 Å². The van der Waals surface area contributed by atoms with Crippen LogP contribution in [0.4, 0.5) is 0 Å². The van der Waals surface area contributed by atoms with Gasteiger partial charge in [-0.2, -0.15) is 0 Å². The lowest BCUT2D eigenvalue weighted by molar-refractivity contribution is -0.134. The zero-order chi connectivity index (χ0) is 29.9. The van der Waals surface area contributed by atoms with Crippen LogP contribution in [0.1, 0.15) is 146 Å². The summed E-state index contributed by atoms with van der Waals surface area (Å²) in [5, 5.41) is 7.42. The molecule has 0 aromatic rings. The number of carbonyl (C=O) groups is 2. The minimum Gasteiger partial charge on any atom is -0.481 e. The number of Topliss-reactive ketones (excluding diaryl/α,β-unsaturated/α-hetero) is 1. The number of aliphatic carboxylic acids is 1. The van der Waals surface area contributed by atoms with Crippen LogP contribution < -0.4 is 0 Å². The molecule has 3 heteroatoms. The van der Waals surface area contributed by atoms with Gasteiger partial charge >= 0.3 is 0 Å². The van der Waals surface area contributed by atoms with Gasteiger partial charge in [0.15, 0.2) is 0 Å². The second kappa shape index (κ2) is 28.1. The van der Waals surface area contributed by atoms with Crippen molar-refractivity contribution in [3.05, 3.63) is 48.1 Å². The third kappa shape index (κ3) is 41.2. The summed E-state index contributed by atoms with van der Waals surface area (Å²) in [5.74, 6) is 2.05. The van der Waals surface area contributed by atoms with Gasteiger partial charge in [0.1, 0.15) is 5.78 Å². The lowest BCUT2D eigenvalue weighted by Gasteiger charge is -2.14. The molecule has 2 unspecified atom stereocenters. The third-order valence-electron chi connectivity index (χ3n) is 6.44. The minimum atomic E-state index is -0.833. The average molecular weight is 533 g/mol. The van der Waals surface area contributed by atoms with Gasteiger partial charge in [-0.15, -0.1) is 0 Å². The Kier molecular flexibility index (Phi) is 30.0. The predicted molar refractivity (Wildman–Crippen MR) is 170 cm³/mol. The summed E-state index contributed by atoms with van der Waals surface area (Å²) in [7, 11) is 0. The molecular formula is C35H64O3. The zero-order valence-corrected chi connectivity index (χ0v) is 26.8. The molecule has 0 saturated carbocycles. The highest BCUT2D eigenvalue weighted by Crippen LogP contribution is 2.21. The Bertz CT molecular complexity index is 673. The van der Waals surface area contributed by atoms with Crippen molar-refractivity contribution in [2.75, 3.05) is 0 Å². The molecule has 2 atom stereocenters. The molecule has 0 aliphatic carbocycles. The van der Waals surface area contributed by atoms with Crippen molar-refractivity contribution in [2.24, 2.45) is 17.8 Å². The Labute approximate surface area is 238 Å². The first-order valence-electron chi connectivity index (χ1n) is 15.0. The quantitative estimate of drug-likeness (QED) is 0.133. The number of carbonyl (C=O) groups excluding carboxylic acids is 1. The van der Waals surface area contributed by atoms with Gasteiger partial charge in [0, 0.05) is 13.3 Å².